The first-order chi connectivity index (χ1) is 12.9. The number of hydrogen-bond acceptors (Lipinski definition) is 4. The number of halogens is 1. The lowest BCUT2D eigenvalue weighted by Crippen LogP contribution is -2.22. The molecule has 7 heteroatoms. The van der Waals surface area contributed by atoms with Crippen LogP contribution in [0.2, 0.25) is 5.02 Å². The average molecular weight is 400 g/mol. The van der Waals surface area contributed by atoms with Crippen molar-refractivity contribution >= 4 is 40.7 Å². The van der Waals surface area contributed by atoms with E-state index in [-0.39, 0.29) is 16.9 Å². The Bertz CT molecular complexity index is 952. The smallest absolute Gasteiger partial charge is 0.237 e. The van der Waals surface area contributed by atoms with Gasteiger partial charge in [0.1, 0.15) is 0 Å². The lowest BCUT2D eigenvalue weighted by atomic mass is 10.1. The molecule has 1 aromatic heterocycles. The molecule has 3 aromatic rings. The molecule has 0 fully saturated rings. The van der Waals surface area contributed by atoms with Gasteiger partial charge in [-0.25, -0.2) is 4.98 Å². The molecule has 0 saturated carbocycles. The molecule has 1 heterocycles. The molecule has 0 aliphatic rings. The monoisotopic (exact) mass is 399 g/mol. The van der Waals surface area contributed by atoms with Crippen molar-refractivity contribution in [3.8, 4) is 0 Å². The predicted octanol–water partition coefficient (Wildman–Crippen LogP) is 4.42. The third kappa shape index (κ3) is 4.78. The van der Waals surface area contributed by atoms with Crippen LogP contribution in [0.4, 0.5) is 5.69 Å². The maximum atomic E-state index is 12.4. The van der Waals surface area contributed by atoms with Gasteiger partial charge in [-0.3, -0.25) is 9.59 Å². The van der Waals surface area contributed by atoms with Gasteiger partial charge in [0.25, 0.3) is 0 Å². The van der Waals surface area contributed by atoms with Crippen LogP contribution in [0, 0.1) is 0 Å². The number of hydrogen-bond donors (Lipinski definition) is 1. The van der Waals surface area contributed by atoms with Crippen LogP contribution in [0.15, 0.2) is 65.8 Å². The zero-order chi connectivity index (χ0) is 19.4. The Balaban J connectivity index is 1.62. The van der Waals surface area contributed by atoms with E-state index in [9.17, 15) is 9.59 Å². The van der Waals surface area contributed by atoms with Gasteiger partial charge >= 0.3 is 0 Å². The summed E-state index contributed by atoms with van der Waals surface area (Å²) in [5.74, 6) is 0.102. The number of benzene rings is 2. The molecule has 0 radical (unpaired) electrons. The molecule has 1 atom stereocenters. The van der Waals surface area contributed by atoms with Gasteiger partial charge in [-0.05, 0) is 55.5 Å². The van der Waals surface area contributed by atoms with Gasteiger partial charge in [-0.1, -0.05) is 11.6 Å². The van der Waals surface area contributed by atoms with E-state index in [1.54, 1.807) is 60.4 Å². The summed E-state index contributed by atoms with van der Waals surface area (Å²) in [6, 6.07) is 14.2. The van der Waals surface area contributed by atoms with Crippen LogP contribution in [0.5, 0.6) is 0 Å². The first-order valence-electron chi connectivity index (χ1n) is 8.29. The fourth-order valence-electron chi connectivity index (χ4n) is 2.43. The second-order valence-electron chi connectivity index (χ2n) is 5.97. The number of nitrogens with zero attached hydrogens (tertiary/aromatic N) is 2. The molecular formula is C20H18ClN3O2S. The molecule has 1 amide bonds. The van der Waals surface area contributed by atoms with Gasteiger partial charge < -0.3 is 9.88 Å². The third-order valence-electron chi connectivity index (χ3n) is 3.93. The van der Waals surface area contributed by atoms with Gasteiger partial charge in [0.05, 0.1) is 5.25 Å². The number of carbonyl (C=O) groups is 2. The second kappa shape index (κ2) is 8.41. The number of aryl methyl sites for hydroxylation is 1. The van der Waals surface area contributed by atoms with Crippen molar-refractivity contribution in [3.05, 3.63) is 77.3 Å². The fraction of sp³-hybridized carbons (Fsp3) is 0.150. The molecular weight excluding hydrogens is 382 g/mol. The summed E-state index contributed by atoms with van der Waals surface area (Å²) in [7, 11) is 1.77. The van der Waals surface area contributed by atoms with E-state index in [0.29, 0.717) is 22.1 Å². The maximum Gasteiger partial charge on any atom is 0.237 e. The number of amides is 1. The Hall–Kier alpha value is -2.57. The molecule has 3 rings (SSSR count). The van der Waals surface area contributed by atoms with Crippen molar-refractivity contribution in [2.45, 2.75) is 17.1 Å². The highest BCUT2D eigenvalue weighted by Gasteiger charge is 2.16. The van der Waals surface area contributed by atoms with E-state index in [0.717, 1.165) is 4.90 Å². The Kier molecular flexibility index (Phi) is 5.98. The SMILES string of the molecule is CC(Sc1ccc(Cl)cc1)C(=O)Nc1ccc(C(=O)c2nccn2C)cc1. The molecule has 0 spiro atoms. The van der Waals surface area contributed by atoms with Crippen LogP contribution in [0.25, 0.3) is 0 Å². The minimum atomic E-state index is -0.278. The number of rotatable bonds is 6. The summed E-state index contributed by atoms with van der Waals surface area (Å²) in [5, 5.41) is 3.25. The van der Waals surface area contributed by atoms with Crippen molar-refractivity contribution in [1.29, 1.82) is 0 Å². The highest BCUT2D eigenvalue weighted by Crippen LogP contribution is 2.25. The van der Waals surface area contributed by atoms with Crippen molar-refractivity contribution in [3.63, 3.8) is 0 Å². The molecule has 0 aliphatic heterocycles. The van der Waals surface area contributed by atoms with Crippen LogP contribution in [0.1, 0.15) is 23.1 Å². The number of carbonyl (C=O) groups excluding carboxylic acids is 2. The summed E-state index contributed by atoms with van der Waals surface area (Å²) in [4.78, 5) is 29.8. The van der Waals surface area contributed by atoms with Crippen LogP contribution >= 0.6 is 23.4 Å². The van der Waals surface area contributed by atoms with Crippen molar-refractivity contribution in [1.82, 2.24) is 9.55 Å². The highest BCUT2D eigenvalue weighted by molar-refractivity contribution is 8.00. The topological polar surface area (TPSA) is 64.0 Å². The van der Waals surface area contributed by atoms with Gasteiger partial charge in [0.15, 0.2) is 5.82 Å². The summed E-state index contributed by atoms with van der Waals surface area (Å²) in [5.41, 5.74) is 1.16. The molecule has 138 valence electrons. The fourth-order valence-corrected chi connectivity index (χ4v) is 3.43. The van der Waals surface area contributed by atoms with Gasteiger partial charge in [0, 0.05) is 40.6 Å². The highest BCUT2D eigenvalue weighted by atomic mass is 35.5. The molecule has 27 heavy (non-hydrogen) atoms. The quantitative estimate of drug-likeness (QED) is 0.492. The average Bonchev–Trinajstić information content (AvgIpc) is 3.09. The molecule has 0 saturated heterocycles. The lowest BCUT2D eigenvalue weighted by Gasteiger charge is -2.12. The Morgan fingerprint density at radius 1 is 1.11 bits per heavy atom. The number of imidazole rings is 1. The van der Waals surface area contributed by atoms with E-state index >= 15 is 0 Å². The van der Waals surface area contributed by atoms with Crippen LogP contribution in [-0.2, 0) is 11.8 Å². The van der Waals surface area contributed by atoms with Crippen LogP contribution in [-0.4, -0.2) is 26.5 Å². The molecule has 2 aromatic carbocycles. The summed E-state index contributed by atoms with van der Waals surface area (Å²) < 4.78 is 1.67. The van der Waals surface area contributed by atoms with E-state index in [4.69, 9.17) is 11.6 Å². The lowest BCUT2D eigenvalue weighted by molar-refractivity contribution is -0.115. The summed E-state index contributed by atoms with van der Waals surface area (Å²) >= 11 is 7.33. The number of nitrogens with one attached hydrogen (secondary N) is 1. The zero-order valence-electron chi connectivity index (χ0n) is 14.8. The molecule has 5 nitrogen and oxygen atoms in total. The Morgan fingerprint density at radius 2 is 1.78 bits per heavy atom. The Morgan fingerprint density at radius 3 is 2.37 bits per heavy atom. The van der Waals surface area contributed by atoms with E-state index in [1.165, 1.54) is 11.8 Å². The maximum absolute atomic E-state index is 12.4. The Labute approximate surface area is 166 Å². The number of thioether (sulfide) groups is 1. The summed E-state index contributed by atoms with van der Waals surface area (Å²) in [6.07, 6.45) is 3.31. The summed E-state index contributed by atoms with van der Waals surface area (Å²) in [6.45, 7) is 1.84. The number of anilines is 1. The van der Waals surface area contributed by atoms with Gasteiger partial charge in [0.2, 0.25) is 11.7 Å². The van der Waals surface area contributed by atoms with E-state index < -0.39 is 0 Å². The third-order valence-corrected chi connectivity index (χ3v) is 5.30. The minimum absolute atomic E-state index is 0.113. The normalized spacial score (nSPS) is 11.8. The van der Waals surface area contributed by atoms with Crippen LogP contribution in [0.3, 0.4) is 0 Å². The molecule has 0 aliphatic carbocycles. The number of ketones is 1. The minimum Gasteiger partial charge on any atom is -0.331 e. The zero-order valence-corrected chi connectivity index (χ0v) is 16.4. The van der Waals surface area contributed by atoms with Crippen LogP contribution < -0.4 is 5.32 Å². The standard InChI is InChI=1S/C20H18ClN3O2S/c1-13(27-17-9-5-15(21)6-10-17)20(26)23-16-7-3-14(4-8-16)18(25)19-22-11-12-24(19)2/h3-13H,1-2H3,(H,23,26). The molecule has 0 bridgehead atoms. The van der Waals surface area contributed by atoms with Crippen molar-refractivity contribution in [2.24, 2.45) is 7.05 Å². The second-order valence-corrected chi connectivity index (χ2v) is 7.82. The molecule has 1 N–H and O–H groups in total. The predicted molar refractivity (Wildman–Crippen MR) is 108 cm³/mol. The van der Waals surface area contributed by atoms with Crippen molar-refractivity contribution < 1.29 is 9.59 Å². The van der Waals surface area contributed by atoms with Gasteiger partial charge in [-0.2, -0.15) is 0 Å². The number of aromatic nitrogens is 2. The largest absolute Gasteiger partial charge is 0.331 e. The van der Waals surface area contributed by atoms with E-state index in [2.05, 4.69) is 10.3 Å². The van der Waals surface area contributed by atoms with Gasteiger partial charge in [-0.15, -0.1) is 11.8 Å². The first kappa shape index (κ1) is 19.2. The van der Waals surface area contributed by atoms with Crippen molar-refractivity contribution in [2.75, 3.05) is 5.32 Å². The first-order valence-corrected chi connectivity index (χ1v) is 9.55. The van der Waals surface area contributed by atoms with E-state index in [1.807, 2.05) is 19.1 Å². The molecule has 1 unspecified atom stereocenters.